The number of nitrogens with one attached hydrogen (secondary N) is 1. The maximum absolute atomic E-state index is 12.8. The number of hydrogen-bond acceptors (Lipinski definition) is 5. The molecule has 0 saturated heterocycles. The number of carbonyl (C=O) groups excluding carboxylic acids is 1. The molecule has 0 spiro atoms. The number of fused-ring (bicyclic) bond motifs is 1. The van der Waals surface area contributed by atoms with Gasteiger partial charge in [-0.2, -0.15) is 0 Å². The number of thiazole rings is 2. The van der Waals surface area contributed by atoms with E-state index in [2.05, 4.69) is 16.4 Å². The lowest BCUT2D eigenvalue weighted by molar-refractivity contribution is -0.115. The first kappa shape index (κ1) is 19.9. The summed E-state index contributed by atoms with van der Waals surface area (Å²) in [5, 5.41) is 7.34. The normalized spacial score (nSPS) is 11.0. The molecule has 2 heterocycles. The van der Waals surface area contributed by atoms with Gasteiger partial charge in [0.05, 0.1) is 28.0 Å². The van der Waals surface area contributed by atoms with Gasteiger partial charge in [-0.25, -0.2) is 9.97 Å². The molecule has 1 N–H and O–H groups in total. The highest BCUT2D eigenvalue weighted by Crippen LogP contribution is 2.34. The van der Waals surface area contributed by atoms with Crippen molar-refractivity contribution in [2.45, 2.75) is 6.42 Å². The second-order valence-corrected chi connectivity index (χ2v) is 9.24. The third-order valence-electron chi connectivity index (χ3n) is 4.69. The predicted molar refractivity (Wildman–Crippen MR) is 130 cm³/mol. The lowest BCUT2D eigenvalue weighted by atomic mass is 10.1. The van der Waals surface area contributed by atoms with Gasteiger partial charge in [0.2, 0.25) is 5.91 Å². The van der Waals surface area contributed by atoms with E-state index in [9.17, 15) is 4.79 Å². The Morgan fingerprint density at radius 1 is 0.935 bits per heavy atom. The van der Waals surface area contributed by atoms with Gasteiger partial charge in [-0.15, -0.1) is 22.7 Å². The first-order chi connectivity index (χ1) is 15.2. The minimum Gasteiger partial charge on any atom is -0.325 e. The van der Waals surface area contributed by atoms with Crippen LogP contribution in [0.5, 0.6) is 0 Å². The van der Waals surface area contributed by atoms with Crippen molar-refractivity contribution >= 4 is 56.1 Å². The summed E-state index contributed by atoms with van der Waals surface area (Å²) in [5.74, 6) is -0.114. The lowest BCUT2D eigenvalue weighted by Gasteiger charge is -2.08. The molecule has 0 atom stereocenters. The molecule has 0 aliphatic carbocycles. The average Bonchev–Trinajstić information content (AvgIpc) is 3.41. The zero-order valence-corrected chi connectivity index (χ0v) is 18.6. The number of benzene rings is 3. The molecule has 0 radical (unpaired) electrons. The number of aromatic nitrogens is 2. The van der Waals surface area contributed by atoms with Gasteiger partial charge in [0.1, 0.15) is 10.0 Å². The number of nitrogens with zero attached hydrogens (tertiary/aromatic N) is 2. The molecule has 152 valence electrons. The number of halogens is 1. The van der Waals surface area contributed by atoms with Gasteiger partial charge in [-0.3, -0.25) is 4.79 Å². The van der Waals surface area contributed by atoms with E-state index in [1.807, 2.05) is 72.1 Å². The summed E-state index contributed by atoms with van der Waals surface area (Å²) in [6, 6.07) is 23.3. The van der Waals surface area contributed by atoms with Gasteiger partial charge in [0, 0.05) is 21.5 Å². The molecule has 0 unspecified atom stereocenters. The first-order valence-corrected chi connectivity index (χ1v) is 11.7. The average molecular weight is 462 g/mol. The van der Waals surface area contributed by atoms with E-state index in [4.69, 9.17) is 16.6 Å². The Balaban J connectivity index is 1.35. The van der Waals surface area contributed by atoms with Gasteiger partial charge in [-0.1, -0.05) is 48.0 Å². The fourth-order valence-electron chi connectivity index (χ4n) is 3.27. The SMILES string of the molecule is O=C(Cc1csc(-c2cccc(Cl)c2)n1)Nc1ccccc1-c1nc2ccccc2s1. The van der Waals surface area contributed by atoms with Crippen LogP contribution in [0.3, 0.4) is 0 Å². The van der Waals surface area contributed by atoms with Gasteiger partial charge in [-0.05, 0) is 36.4 Å². The maximum Gasteiger partial charge on any atom is 0.230 e. The molecule has 31 heavy (non-hydrogen) atoms. The van der Waals surface area contributed by atoms with Crippen LogP contribution in [0.25, 0.3) is 31.4 Å². The molecule has 0 fully saturated rings. The Morgan fingerprint density at radius 2 is 1.77 bits per heavy atom. The quantitative estimate of drug-likeness (QED) is 0.309. The van der Waals surface area contributed by atoms with Crippen molar-refractivity contribution in [3.63, 3.8) is 0 Å². The summed E-state index contributed by atoms with van der Waals surface area (Å²) < 4.78 is 1.12. The first-order valence-electron chi connectivity index (χ1n) is 9.61. The third kappa shape index (κ3) is 4.37. The van der Waals surface area contributed by atoms with E-state index < -0.39 is 0 Å². The van der Waals surface area contributed by atoms with Crippen LogP contribution in [-0.2, 0) is 11.2 Å². The Labute approximate surface area is 192 Å². The summed E-state index contributed by atoms with van der Waals surface area (Å²) in [6.45, 7) is 0. The second kappa shape index (κ2) is 8.59. The molecule has 1 amide bonds. The van der Waals surface area contributed by atoms with E-state index in [1.165, 1.54) is 11.3 Å². The molecule has 4 nitrogen and oxygen atoms in total. The fraction of sp³-hybridized carbons (Fsp3) is 0.0417. The lowest BCUT2D eigenvalue weighted by Crippen LogP contribution is -2.15. The van der Waals surface area contributed by atoms with Crippen molar-refractivity contribution in [1.29, 1.82) is 0 Å². The van der Waals surface area contributed by atoms with E-state index >= 15 is 0 Å². The van der Waals surface area contributed by atoms with E-state index in [0.717, 1.165) is 42.7 Å². The van der Waals surface area contributed by atoms with Gasteiger partial charge in [0.25, 0.3) is 0 Å². The monoisotopic (exact) mass is 461 g/mol. The molecule has 2 aromatic heterocycles. The van der Waals surface area contributed by atoms with Crippen molar-refractivity contribution in [1.82, 2.24) is 9.97 Å². The van der Waals surface area contributed by atoms with Crippen LogP contribution in [0.15, 0.2) is 78.2 Å². The molecular formula is C24H16ClN3OS2. The third-order valence-corrected chi connectivity index (χ3v) is 6.94. The van der Waals surface area contributed by atoms with Crippen LogP contribution >= 0.6 is 34.3 Å². The number of anilines is 1. The van der Waals surface area contributed by atoms with Gasteiger partial charge in [0.15, 0.2) is 0 Å². The van der Waals surface area contributed by atoms with Crippen molar-refractivity contribution < 1.29 is 4.79 Å². The molecule has 5 aromatic rings. The largest absolute Gasteiger partial charge is 0.325 e. The number of rotatable bonds is 5. The number of para-hydroxylation sites is 2. The highest BCUT2D eigenvalue weighted by Gasteiger charge is 2.14. The molecule has 0 saturated carbocycles. The summed E-state index contributed by atoms with van der Waals surface area (Å²) >= 11 is 9.19. The number of hydrogen-bond donors (Lipinski definition) is 1. The minimum atomic E-state index is -0.114. The number of amides is 1. The Hall–Kier alpha value is -3.06. The molecule has 3 aromatic carbocycles. The van der Waals surface area contributed by atoms with Crippen molar-refractivity contribution in [2.75, 3.05) is 5.32 Å². The summed E-state index contributed by atoms with van der Waals surface area (Å²) in [5.41, 5.74) is 4.30. The highest BCUT2D eigenvalue weighted by atomic mass is 35.5. The zero-order chi connectivity index (χ0) is 21.2. The highest BCUT2D eigenvalue weighted by molar-refractivity contribution is 7.21. The van der Waals surface area contributed by atoms with Gasteiger partial charge >= 0.3 is 0 Å². The predicted octanol–water partition coefficient (Wildman–Crippen LogP) is 6.92. The number of carbonyl (C=O) groups is 1. The molecule has 0 aliphatic heterocycles. The molecule has 5 rings (SSSR count). The van der Waals surface area contributed by atoms with E-state index in [0.29, 0.717) is 5.02 Å². The van der Waals surface area contributed by atoms with Crippen LogP contribution in [0.4, 0.5) is 5.69 Å². The minimum absolute atomic E-state index is 0.114. The van der Waals surface area contributed by atoms with Crippen LogP contribution < -0.4 is 5.32 Å². The van der Waals surface area contributed by atoms with Crippen LogP contribution in [0.2, 0.25) is 5.02 Å². The second-order valence-electron chi connectivity index (χ2n) is 6.91. The topological polar surface area (TPSA) is 54.9 Å². The molecule has 0 aliphatic rings. The van der Waals surface area contributed by atoms with Crippen molar-refractivity contribution in [3.8, 4) is 21.1 Å². The van der Waals surface area contributed by atoms with Crippen molar-refractivity contribution in [3.05, 3.63) is 88.9 Å². The Morgan fingerprint density at radius 3 is 2.65 bits per heavy atom. The van der Waals surface area contributed by atoms with Crippen molar-refractivity contribution in [2.24, 2.45) is 0 Å². The fourth-order valence-corrected chi connectivity index (χ4v) is 5.28. The summed E-state index contributed by atoms with van der Waals surface area (Å²) in [7, 11) is 0. The Bertz CT molecular complexity index is 1360. The molecule has 7 heteroatoms. The summed E-state index contributed by atoms with van der Waals surface area (Å²) in [6.07, 6.45) is 0.200. The zero-order valence-electron chi connectivity index (χ0n) is 16.2. The summed E-state index contributed by atoms with van der Waals surface area (Å²) in [4.78, 5) is 22.1. The molecular weight excluding hydrogens is 446 g/mol. The van der Waals surface area contributed by atoms with Gasteiger partial charge < -0.3 is 5.32 Å². The molecule has 0 bridgehead atoms. The maximum atomic E-state index is 12.8. The van der Waals surface area contributed by atoms with E-state index in [1.54, 1.807) is 11.3 Å². The van der Waals surface area contributed by atoms with Crippen LogP contribution in [0.1, 0.15) is 5.69 Å². The van der Waals surface area contributed by atoms with Crippen LogP contribution in [0, 0.1) is 0 Å². The Kier molecular flexibility index (Phi) is 5.51. The van der Waals surface area contributed by atoms with E-state index in [-0.39, 0.29) is 12.3 Å². The van der Waals surface area contributed by atoms with Crippen LogP contribution in [-0.4, -0.2) is 15.9 Å². The smallest absolute Gasteiger partial charge is 0.230 e. The standard InChI is InChI=1S/C24H16ClN3OS2/c25-16-7-5-6-15(12-16)23-26-17(14-30-23)13-22(29)27-19-9-2-1-8-18(19)24-28-20-10-3-4-11-21(20)31-24/h1-12,14H,13H2,(H,27,29).